The fraction of sp³-hybridized carbons (Fsp3) is 0.600. The molecule has 5 nitrogen and oxygen atoms in total. The highest BCUT2D eigenvalue weighted by molar-refractivity contribution is 7.93. The number of sulfonamides is 1. The van der Waals surface area contributed by atoms with Crippen LogP contribution in [0.2, 0.25) is 0 Å². The predicted octanol–water partition coefficient (Wildman–Crippen LogP) is 1.55. The van der Waals surface area contributed by atoms with Crippen LogP contribution < -0.4 is 14.5 Å². The molecule has 2 atom stereocenters. The summed E-state index contributed by atoms with van der Waals surface area (Å²) in [6.07, 6.45) is 0.622. The Kier molecular flexibility index (Phi) is 4.03. The highest BCUT2D eigenvalue weighted by Crippen LogP contribution is 2.30. The average Bonchev–Trinajstić information content (AvgIpc) is 2.78. The van der Waals surface area contributed by atoms with E-state index in [9.17, 15) is 12.8 Å². The number of piperazine rings is 1. The molecule has 2 aliphatic rings. The molecular formula is C15H22FN3O2S. The molecule has 1 N–H and O–H groups in total. The van der Waals surface area contributed by atoms with Gasteiger partial charge in [-0.05, 0) is 38.5 Å². The summed E-state index contributed by atoms with van der Waals surface area (Å²) in [5, 5.41) is 3.41. The van der Waals surface area contributed by atoms with Crippen molar-refractivity contribution in [2.24, 2.45) is 0 Å². The molecule has 7 heteroatoms. The molecule has 22 heavy (non-hydrogen) atoms. The summed E-state index contributed by atoms with van der Waals surface area (Å²) in [5.74, 6) is -0.136. The first-order valence-corrected chi connectivity index (χ1v) is 9.29. The van der Waals surface area contributed by atoms with Gasteiger partial charge in [0.05, 0.1) is 17.1 Å². The topological polar surface area (TPSA) is 52.7 Å². The minimum absolute atomic E-state index is 0.168. The predicted molar refractivity (Wildman–Crippen MR) is 86.4 cm³/mol. The molecule has 3 rings (SSSR count). The Bertz CT molecular complexity index is 655. The van der Waals surface area contributed by atoms with Crippen molar-refractivity contribution in [3.63, 3.8) is 0 Å². The number of nitrogens with one attached hydrogen (secondary N) is 1. The molecule has 0 amide bonds. The van der Waals surface area contributed by atoms with Crippen LogP contribution in [-0.2, 0) is 10.0 Å². The monoisotopic (exact) mass is 327 g/mol. The smallest absolute Gasteiger partial charge is 0.235 e. The van der Waals surface area contributed by atoms with Crippen LogP contribution in [0.25, 0.3) is 0 Å². The van der Waals surface area contributed by atoms with E-state index >= 15 is 0 Å². The van der Waals surface area contributed by atoms with Crippen LogP contribution in [0.3, 0.4) is 0 Å². The SMILES string of the molecule is C[C@@H]1CN(c2cc(N3CCCS3(=O)=O)ccc2F)C[C@H](C)N1. The highest BCUT2D eigenvalue weighted by atomic mass is 32.2. The van der Waals surface area contributed by atoms with Crippen LogP contribution in [0.4, 0.5) is 15.8 Å². The molecule has 0 aliphatic carbocycles. The largest absolute Gasteiger partial charge is 0.366 e. The van der Waals surface area contributed by atoms with Gasteiger partial charge in [0.2, 0.25) is 10.0 Å². The normalized spacial score (nSPS) is 28.1. The fourth-order valence-electron chi connectivity index (χ4n) is 3.35. The van der Waals surface area contributed by atoms with Gasteiger partial charge in [-0.15, -0.1) is 0 Å². The summed E-state index contributed by atoms with van der Waals surface area (Å²) in [7, 11) is -3.24. The maximum Gasteiger partial charge on any atom is 0.235 e. The summed E-state index contributed by atoms with van der Waals surface area (Å²) in [4.78, 5) is 1.99. The first-order chi connectivity index (χ1) is 10.4. The summed E-state index contributed by atoms with van der Waals surface area (Å²) in [5.41, 5.74) is 1.05. The van der Waals surface area contributed by atoms with E-state index in [1.165, 1.54) is 10.4 Å². The van der Waals surface area contributed by atoms with E-state index in [0.29, 0.717) is 37.4 Å². The Hall–Kier alpha value is -1.34. The lowest BCUT2D eigenvalue weighted by molar-refractivity contribution is 0.404. The summed E-state index contributed by atoms with van der Waals surface area (Å²) < 4.78 is 39.7. The zero-order valence-corrected chi connectivity index (χ0v) is 13.7. The molecule has 122 valence electrons. The second kappa shape index (κ2) is 5.70. The van der Waals surface area contributed by atoms with Crippen LogP contribution in [-0.4, -0.2) is 45.9 Å². The molecule has 2 aliphatic heterocycles. The van der Waals surface area contributed by atoms with E-state index in [1.807, 2.05) is 4.90 Å². The Morgan fingerprint density at radius 2 is 1.91 bits per heavy atom. The van der Waals surface area contributed by atoms with Crippen LogP contribution in [0.1, 0.15) is 20.3 Å². The van der Waals surface area contributed by atoms with Crippen LogP contribution in [0, 0.1) is 5.82 Å². The first kappa shape index (κ1) is 15.6. The van der Waals surface area contributed by atoms with Crippen molar-refractivity contribution in [2.75, 3.05) is 34.6 Å². The second-order valence-electron chi connectivity index (χ2n) is 6.25. The molecular weight excluding hydrogens is 305 g/mol. The number of nitrogens with zero attached hydrogens (tertiary/aromatic N) is 2. The number of benzene rings is 1. The van der Waals surface area contributed by atoms with Gasteiger partial charge in [0, 0.05) is 31.7 Å². The average molecular weight is 327 g/mol. The summed E-state index contributed by atoms with van der Waals surface area (Å²) in [6, 6.07) is 5.12. The van der Waals surface area contributed by atoms with Crippen molar-refractivity contribution in [1.29, 1.82) is 0 Å². The molecule has 0 spiro atoms. The van der Waals surface area contributed by atoms with E-state index < -0.39 is 10.0 Å². The third-order valence-corrected chi connectivity index (χ3v) is 6.08. The van der Waals surface area contributed by atoms with Crippen molar-refractivity contribution in [3.8, 4) is 0 Å². The summed E-state index contributed by atoms with van der Waals surface area (Å²) in [6.45, 7) is 6.02. The van der Waals surface area contributed by atoms with Gasteiger partial charge >= 0.3 is 0 Å². The van der Waals surface area contributed by atoms with Crippen LogP contribution >= 0.6 is 0 Å². The van der Waals surface area contributed by atoms with Gasteiger partial charge in [-0.2, -0.15) is 0 Å². The Labute approximate surface area is 131 Å². The van der Waals surface area contributed by atoms with Gasteiger partial charge < -0.3 is 10.2 Å². The van der Waals surface area contributed by atoms with Gasteiger partial charge in [-0.25, -0.2) is 12.8 Å². The summed E-state index contributed by atoms with van der Waals surface area (Å²) >= 11 is 0. The van der Waals surface area contributed by atoms with Gasteiger partial charge in [0.1, 0.15) is 5.82 Å². The van der Waals surface area contributed by atoms with Crippen molar-refractivity contribution in [1.82, 2.24) is 5.32 Å². The second-order valence-corrected chi connectivity index (χ2v) is 8.26. The molecule has 2 heterocycles. The highest BCUT2D eigenvalue weighted by Gasteiger charge is 2.30. The Balaban J connectivity index is 1.93. The third-order valence-electron chi connectivity index (χ3n) is 4.22. The number of hydrogen-bond acceptors (Lipinski definition) is 4. The molecule has 2 fully saturated rings. The number of halogens is 1. The van der Waals surface area contributed by atoms with Gasteiger partial charge in [0.25, 0.3) is 0 Å². The molecule has 0 saturated carbocycles. The van der Waals surface area contributed by atoms with Gasteiger partial charge in [-0.3, -0.25) is 4.31 Å². The lowest BCUT2D eigenvalue weighted by Gasteiger charge is -2.38. The zero-order chi connectivity index (χ0) is 15.9. The molecule has 0 radical (unpaired) electrons. The number of hydrogen-bond donors (Lipinski definition) is 1. The number of anilines is 2. The molecule has 0 bridgehead atoms. The maximum atomic E-state index is 14.3. The minimum Gasteiger partial charge on any atom is -0.366 e. The molecule has 1 aromatic carbocycles. The first-order valence-electron chi connectivity index (χ1n) is 7.68. The van der Waals surface area contributed by atoms with E-state index in [-0.39, 0.29) is 23.7 Å². The third kappa shape index (κ3) is 2.92. The maximum absolute atomic E-state index is 14.3. The lowest BCUT2D eigenvalue weighted by Crippen LogP contribution is -2.54. The Morgan fingerprint density at radius 3 is 2.50 bits per heavy atom. The van der Waals surface area contributed by atoms with Crippen LogP contribution in [0.15, 0.2) is 18.2 Å². The lowest BCUT2D eigenvalue weighted by atomic mass is 10.1. The van der Waals surface area contributed by atoms with Gasteiger partial charge in [0.15, 0.2) is 0 Å². The van der Waals surface area contributed by atoms with E-state index in [2.05, 4.69) is 19.2 Å². The van der Waals surface area contributed by atoms with Crippen molar-refractivity contribution in [2.45, 2.75) is 32.4 Å². The van der Waals surface area contributed by atoms with Crippen molar-refractivity contribution in [3.05, 3.63) is 24.0 Å². The molecule has 0 unspecified atom stereocenters. The van der Waals surface area contributed by atoms with Crippen molar-refractivity contribution >= 4 is 21.4 Å². The quantitative estimate of drug-likeness (QED) is 0.895. The number of rotatable bonds is 2. The zero-order valence-electron chi connectivity index (χ0n) is 12.9. The Morgan fingerprint density at radius 1 is 1.23 bits per heavy atom. The standard InChI is InChI=1S/C15H22FN3O2S/c1-11-9-18(10-12(2)17-11)15-8-13(4-5-14(15)16)19-6-3-7-22(19,20)21/h4-5,8,11-12,17H,3,6-7,9-10H2,1-2H3/t11-,12+. The fourth-order valence-corrected chi connectivity index (χ4v) is 4.91. The molecule has 1 aromatic rings. The minimum atomic E-state index is -3.24. The van der Waals surface area contributed by atoms with Gasteiger partial charge in [-0.1, -0.05) is 0 Å². The van der Waals surface area contributed by atoms with E-state index in [1.54, 1.807) is 12.1 Å². The molecule has 2 saturated heterocycles. The molecule has 0 aromatic heterocycles. The van der Waals surface area contributed by atoms with Crippen LogP contribution in [0.5, 0.6) is 0 Å². The van der Waals surface area contributed by atoms with Crippen molar-refractivity contribution < 1.29 is 12.8 Å². The van der Waals surface area contributed by atoms with E-state index in [4.69, 9.17) is 0 Å². The van der Waals surface area contributed by atoms with E-state index in [0.717, 1.165) is 0 Å².